The van der Waals surface area contributed by atoms with Crippen molar-refractivity contribution in [2.24, 2.45) is 0 Å². The van der Waals surface area contributed by atoms with Gasteiger partial charge >= 0.3 is 0 Å². The normalized spacial score (nSPS) is 17.0. The van der Waals surface area contributed by atoms with E-state index in [2.05, 4.69) is 10.2 Å². The summed E-state index contributed by atoms with van der Waals surface area (Å²) in [5.41, 5.74) is 0.872. The molecular formula is C17H25FN2O3. The van der Waals surface area contributed by atoms with Gasteiger partial charge in [-0.05, 0) is 24.6 Å². The van der Waals surface area contributed by atoms with Crippen molar-refractivity contribution in [3.8, 4) is 0 Å². The van der Waals surface area contributed by atoms with E-state index in [1.54, 1.807) is 6.07 Å². The molecule has 1 N–H and O–H groups in total. The average Bonchev–Trinajstić information content (AvgIpc) is 2.56. The van der Waals surface area contributed by atoms with Crippen molar-refractivity contribution < 1.29 is 18.7 Å². The molecule has 1 unspecified atom stereocenters. The van der Waals surface area contributed by atoms with Gasteiger partial charge in [0.2, 0.25) is 5.91 Å². The lowest BCUT2D eigenvalue weighted by molar-refractivity contribution is -0.122. The molecule has 2 rings (SSSR count). The molecule has 23 heavy (non-hydrogen) atoms. The number of ether oxygens (including phenoxy) is 2. The van der Waals surface area contributed by atoms with Crippen molar-refractivity contribution in [2.75, 3.05) is 46.1 Å². The second-order valence-electron chi connectivity index (χ2n) is 5.47. The van der Waals surface area contributed by atoms with Gasteiger partial charge in [-0.25, -0.2) is 4.39 Å². The maximum atomic E-state index is 13.6. The number of hydrogen-bond acceptors (Lipinski definition) is 4. The molecule has 1 atom stereocenters. The summed E-state index contributed by atoms with van der Waals surface area (Å²) in [5.74, 6) is -0.309. The molecule has 1 aliphatic rings. The zero-order valence-electron chi connectivity index (χ0n) is 13.6. The van der Waals surface area contributed by atoms with Crippen LogP contribution < -0.4 is 5.32 Å². The topological polar surface area (TPSA) is 50.8 Å². The lowest BCUT2D eigenvalue weighted by atomic mass is 10.0. The predicted molar refractivity (Wildman–Crippen MR) is 85.7 cm³/mol. The summed E-state index contributed by atoms with van der Waals surface area (Å²) in [5, 5.41) is 2.93. The van der Waals surface area contributed by atoms with E-state index in [0.29, 0.717) is 39.4 Å². The Bertz CT molecular complexity index is 492. The van der Waals surface area contributed by atoms with Crippen molar-refractivity contribution in [3.63, 3.8) is 0 Å². The summed E-state index contributed by atoms with van der Waals surface area (Å²) < 4.78 is 24.1. The highest BCUT2D eigenvalue weighted by molar-refractivity contribution is 5.76. The molecule has 0 saturated carbocycles. The molecule has 6 heteroatoms. The smallest absolute Gasteiger partial charge is 0.222 e. The van der Waals surface area contributed by atoms with Crippen molar-refractivity contribution in [1.82, 2.24) is 10.2 Å². The van der Waals surface area contributed by atoms with Crippen molar-refractivity contribution in [1.29, 1.82) is 0 Å². The Hall–Kier alpha value is -1.50. The third-order valence-corrected chi connectivity index (χ3v) is 3.89. The van der Waals surface area contributed by atoms with Gasteiger partial charge in [0.25, 0.3) is 0 Å². The fraction of sp³-hybridized carbons (Fsp3) is 0.588. The van der Waals surface area contributed by atoms with Crippen LogP contribution in [0.15, 0.2) is 24.3 Å². The van der Waals surface area contributed by atoms with Crippen molar-refractivity contribution in [3.05, 3.63) is 35.6 Å². The van der Waals surface area contributed by atoms with Crippen LogP contribution in [0.5, 0.6) is 0 Å². The lowest BCUT2D eigenvalue weighted by Crippen LogP contribution is -2.44. The van der Waals surface area contributed by atoms with Gasteiger partial charge in [0.05, 0.1) is 25.9 Å². The predicted octanol–water partition coefficient (Wildman–Crippen LogP) is 1.74. The zero-order valence-corrected chi connectivity index (χ0v) is 13.6. The van der Waals surface area contributed by atoms with Gasteiger partial charge in [-0.15, -0.1) is 0 Å². The van der Waals surface area contributed by atoms with E-state index in [9.17, 15) is 9.18 Å². The van der Waals surface area contributed by atoms with Crippen LogP contribution in [-0.4, -0.2) is 56.9 Å². The van der Waals surface area contributed by atoms with Crippen LogP contribution >= 0.6 is 0 Å². The molecule has 1 heterocycles. The second-order valence-corrected chi connectivity index (χ2v) is 5.47. The number of nitrogens with zero attached hydrogens (tertiary/aromatic N) is 1. The molecule has 0 radical (unpaired) electrons. The van der Waals surface area contributed by atoms with Crippen LogP contribution in [0.25, 0.3) is 0 Å². The molecular weight excluding hydrogens is 299 g/mol. The molecule has 128 valence electrons. The first-order valence-electron chi connectivity index (χ1n) is 8.12. The first kappa shape index (κ1) is 17.8. The molecule has 1 amide bonds. The van der Waals surface area contributed by atoms with E-state index in [1.807, 2.05) is 13.0 Å². The summed E-state index contributed by atoms with van der Waals surface area (Å²) in [7, 11) is 0. The highest BCUT2D eigenvalue weighted by Crippen LogP contribution is 2.22. The Balaban J connectivity index is 1.97. The highest BCUT2D eigenvalue weighted by Gasteiger charge is 2.23. The standard InChI is InChI=1S/C17H25FN2O3/c1-2-22-9-6-17(21)19-13-16(20-7-10-23-11-8-20)14-4-3-5-15(18)12-14/h3-5,12,16H,2,6-11,13H2,1H3,(H,19,21). The van der Waals surface area contributed by atoms with Crippen molar-refractivity contribution in [2.45, 2.75) is 19.4 Å². The van der Waals surface area contributed by atoms with Crippen LogP contribution in [0.2, 0.25) is 0 Å². The molecule has 0 aromatic heterocycles. The van der Waals surface area contributed by atoms with Gasteiger partial charge in [-0.2, -0.15) is 0 Å². The van der Waals surface area contributed by atoms with E-state index in [-0.39, 0.29) is 17.8 Å². The minimum absolute atomic E-state index is 0.0480. The number of benzene rings is 1. The summed E-state index contributed by atoms with van der Waals surface area (Å²) in [6.07, 6.45) is 0.340. The minimum Gasteiger partial charge on any atom is -0.381 e. The third kappa shape index (κ3) is 5.89. The number of hydrogen-bond donors (Lipinski definition) is 1. The Morgan fingerprint density at radius 2 is 2.22 bits per heavy atom. The number of morpholine rings is 1. The monoisotopic (exact) mass is 324 g/mol. The molecule has 1 aliphatic heterocycles. The van der Waals surface area contributed by atoms with Gasteiger partial charge in [-0.3, -0.25) is 9.69 Å². The van der Waals surface area contributed by atoms with Gasteiger partial charge in [0.15, 0.2) is 0 Å². The fourth-order valence-corrected chi connectivity index (χ4v) is 2.67. The van der Waals surface area contributed by atoms with E-state index in [4.69, 9.17) is 9.47 Å². The fourth-order valence-electron chi connectivity index (χ4n) is 2.67. The number of halogens is 1. The third-order valence-electron chi connectivity index (χ3n) is 3.89. The molecule has 0 bridgehead atoms. The maximum Gasteiger partial charge on any atom is 0.222 e. The summed E-state index contributed by atoms with van der Waals surface area (Å²) in [6, 6.07) is 6.52. The largest absolute Gasteiger partial charge is 0.381 e. The summed E-state index contributed by atoms with van der Waals surface area (Å²) in [6.45, 7) is 6.24. The van der Waals surface area contributed by atoms with Gasteiger partial charge < -0.3 is 14.8 Å². The molecule has 0 spiro atoms. The Morgan fingerprint density at radius 1 is 1.43 bits per heavy atom. The Morgan fingerprint density at radius 3 is 2.91 bits per heavy atom. The molecule has 1 fully saturated rings. The molecule has 1 saturated heterocycles. The second kappa shape index (κ2) is 9.60. The van der Waals surface area contributed by atoms with Crippen LogP contribution in [0.4, 0.5) is 4.39 Å². The summed E-state index contributed by atoms with van der Waals surface area (Å²) in [4.78, 5) is 14.1. The summed E-state index contributed by atoms with van der Waals surface area (Å²) >= 11 is 0. The van der Waals surface area contributed by atoms with E-state index in [0.717, 1.165) is 18.7 Å². The maximum absolute atomic E-state index is 13.6. The first-order chi connectivity index (χ1) is 11.2. The lowest BCUT2D eigenvalue weighted by Gasteiger charge is -2.35. The number of rotatable bonds is 8. The number of carbonyl (C=O) groups is 1. The molecule has 1 aromatic rings. The molecule has 5 nitrogen and oxygen atoms in total. The number of amides is 1. The molecule has 1 aromatic carbocycles. The minimum atomic E-state index is -0.261. The van der Waals surface area contributed by atoms with Crippen LogP contribution in [-0.2, 0) is 14.3 Å². The number of nitrogens with one attached hydrogen (secondary N) is 1. The Labute approximate surface area is 136 Å². The quantitative estimate of drug-likeness (QED) is 0.740. The van der Waals surface area contributed by atoms with E-state index >= 15 is 0 Å². The van der Waals surface area contributed by atoms with Crippen LogP contribution in [0.1, 0.15) is 24.9 Å². The van der Waals surface area contributed by atoms with Crippen LogP contribution in [0.3, 0.4) is 0 Å². The first-order valence-corrected chi connectivity index (χ1v) is 8.12. The average molecular weight is 324 g/mol. The van der Waals surface area contributed by atoms with Gasteiger partial charge in [0.1, 0.15) is 5.82 Å². The van der Waals surface area contributed by atoms with Gasteiger partial charge in [0, 0.05) is 32.7 Å². The van der Waals surface area contributed by atoms with Crippen LogP contribution in [0, 0.1) is 5.82 Å². The van der Waals surface area contributed by atoms with E-state index in [1.165, 1.54) is 12.1 Å². The number of carbonyl (C=O) groups excluding carboxylic acids is 1. The highest BCUT2D eigenvalue weighted by atomic mass is 19.1. The SMILES string of the molecule is CCOCCC(=O)NCC(c1cccc(F)c1)N1CCOCC1. The Kier molecular flexibility index (Phi) is 7.45. The van der Waals surface area contributed by atoms with E-state index < -0.39 is 0 Å². The van der Waals surface area contributed by atoms with Gasteiger partial charge in [-0.1, -0.05) is 12.1 Å². The van der Waals surface area contributed by atoms with Crippen molar-refractivity contribution >= 4 is 5.91 Å². The molecule has 0 aliphatic carbocycles. The zero-order chi connectivity index (χ0) is 16.5.